The second-order valence-corrected chi connectivity index (χ2v) is 3.84. The van der Waals surface area contributed by atoms with Gasteiger partial charge < -0.3 is 0 Å². The van der Waals surface area contributed by atoms with Crippen LogP contribution < -0.4 is 0 Å². The number of hydrogen-bond donors (Lipinski definition) is 0. The van der Waals surface area contributed by atoms with Crippen LogP contribution in [0, 0.1) is 11.3 Å². The summed E-state index contributed by atoms with van der Waals surface area (Å²) in [4.78, 5) is 1.11. The van der Waals surface area contributed by atoms with E-state index in [0.717, 1.165) is 22.6 Å². The van der Waals surface area contributed by atoms with Crippen molar-refractivity contribution in [1.82, 2.24) is 4.37 Å². The Morgan fingerprint density at radius 1 is 1.58 bits per heavy atom. The lowest BCUT2D eigenvalue weighted by Crippen LogP contribution is -1.91. The van der Waals surface area contributed by atoms with E-state index < -0.39 is 0 Å². The van der Waals surface area contributed by atoms with Crippen molar-refractivity contribution in [2.24, 2.45) is 0 Å². The molecule has 2 nitrogen and oxygen atoms in total. The summed E-state index contributed by atoms with van der Waals surface area (Å²) in [6.45, 7) is 6.18. The molecule has 0 N–H and O–H groups in total. The van der Waals surface area contributed by atoms with Crippen LogP contribution in [0.5, 0.6) is 0 Å². The zero-order chi connectivity index (χ0) is 9.14. The van der Waals surface area contributed by atoms with Crippen LogP contribution in [0.1, 0.15) is 42.8 Å². The van der Waals surface area contributed by atoms with Gasteiger partial charge in [0.25, 0.3) is 0 Å². The molecule has 1 rings (SSSR count). The highest BCUT2D eigenvalue weighted by Crippen LogP contribution is 2.24. The first-order valence-corrected chi connectivity index (χ1v) is 4.86. The molecule has 0 amide bonds. The van der Waals surface area contributed by atoms with Crippen molar-refractivity contribution >= 4 is 11.5 Å². The number of rotatable bonds is 2. The van der Waals surface area contributed by atoms with Crippen LogP contribution in [0.4, 0.5) is 0 Å². The number of aromatic nitrogens is 1. The van der Waals surface area contributed by atoms with Gasteiger partial charge in [0.15, 0.2) is 0 Å². The minimum absolute atomic E-state index is 0.358. The first-order chi connectivity index (χ1) is 5.70. The molecule has 3 heteroatoms. The maximum atomic E-state index is 8.88. The zero-order valence-electron chi connectivity index (χ0n) is 7.59. The van der Waals surface area contributed by atoms with Crippen LogP contribution in [-0.2, 0) is 6.42 Å². The van der Waals surface area contributed by atoms with Gasteiger partial charge in [0.1, 0.15) is 6.07 Å². The highest BCUT2D eigenvalue weighted by Gasteiger charge is 2.14. The highest BCUT2D eigenvalue weighted by molar-refractivity contribution is 7.06. The Balaban J connectivity index is 3.16. The molecule has 1 heterocycles. The van der Waals surface area contributed by atoms with Crippen molar-refractivity contribution in [2.45, 2.75) is 33.1 Å². The molecule has 0 saturated heterocycles. The van der Waals surface area contributed by atoms with Crippen molar-refractivity contribution in [3.63, 3.8) is 0 Å². The van der Waals surface area contributed by atoms with E-state index in [2.05, 4.69) is 31.2 Å². The Morgan fingerprint density at radius 3 is 2.67 bits per heavy atom. The van der Waals surface area contributed by atoms with Crippen LogP contribution in [-0.4, -0.2) is 4.37 Å². The van der Waals surface area contributed by atoms with Gasteiger partial charge in [-0.15, -0.1) is 0 Å². The molecule has 1 aromatic heterocycles. The summed E-state index contributed by atoms with van der Waals surface area (Å²) in [5.74, 6) is 0.358. The van der Waals surface area contributed by atoms with Gasteiger partial charge >= 0.3 is 0 Å². The lowest BCUT2D eigenvalue weighted by molar-refractivity contribution is 0.835. The molecule has 0 atom stereocenters. The zero-order valence-corrected chi connectivity index (χ0v) is 8.40. The molecule has 0 spiro atoms. The number of nitrogens with zero attached hydrogens (tertiary/aromatic N) is 2. The predicted octanol–water partition coefficient (Wildman–Crippen LogP) is 2.70. The Hall–Kier alpha value is -0.880. The summed E-state index contributed by atoms with van der Waals surface area (Å²) in [5, 5.41) is 8.88. The van der Waals surface area contributed by atoms with Crippen molar-refractivity contribution < 1.29 is 0 Å². The number of hydrogen-bond acceptors (Lipinski definition) is 3. The van der Waals surface area contributed by atoms with Gasteiger partial charge in [-0.25, -0.2) is 0 Å². The quantitative estimate of drug-likeness (QED) is 0.701. The Bertz CT molecular complexity index is 307. The van der Waals surface area contributed by atoms with Crippen LogP contribution >= 0.6 is 11.5 Å². The normalized spacial score (nSPS) is 10.2. The third-order valence-electron chi connectivity index (χ3n) is 1.77. The van der Waals surface area contributed by atoms with E-state index in [-0.39, 0.29) is 0 Å². The Labute approximate surface area is 77.0 Å². The minimum atomic E-state index is 0.358. The molecule has 0 fully saturated rings. The maximum absolute atomic E-state index is 8.88. The van der Waals surface area contributed by atoms with Crippen molar-refractivity contribution in [2.75, 3.05) is 0 Å². The fourth-order valence-corrected chi connectivity index (χ4v) is 1.97. The molecule has 0 aliphatic carbocycles. The van der Waals surface area contributed by atoms with Crippen LogP contribution in [0.25, 0.3) is 0 Å². The Morgan fingerprint density at radius 2 is 2.25 bits per heavy atom. The van der Waals surface area contributed by atoms with Gasteiger partial charge in [-0.05, 0) is 23.9 Å². The molecule has 0 radical (unpaired) electrons. The van der Waals surface area contributed by atoms with Gasteiger partial charge in [-0.1, -0.05) is 20.8 Å². The van der Waals surface area contributed by atoms with E-state index >= 15 is 0 Å². The molecule has 1 aromatic rings. The van der Waals surface area contributed by atoms with Gasteiger partial charge in [0, 0.05) is 4.88 Å². The minimum Gasteiger partial charge on any atom is -0.196 e. The summed E-state index contributed by atoms with van der Waals surface area (Å²) in [6.07, 6.45) is 0.910. The van der Waals surface area contributed by atoms with Crippen molar-refractivity contribution in [1.29, 1.82) is 5.26 Å². The van der Waals surface area contributed by atoms with E-state index in [9.17, 15) is 0 Å². The van der Waals surface area contributed by atoms with Crippen LogP contribution in [0.2, 0.25) is 0 Å². The third kappa shape index (κ3) is 1.49. The summed E-state index contributed by atoms with van der Waals surface area (Å²) < 4.78 is 4.28. The summed E-state index contributed by atoms with van der Waals surface area (Å²) in [5.41, 5.74) is 1.76. The monoisotopic (exact) mass is 180 g/mol. The molecule has 64 valence electrons. The molecule has 0 unspecified atom stereocenters. The average Bonchev–Trinajstić information content (AvgIpc) is 2.46. The fourth-order valence-electron chi connectivity index (χ4n) is 1.09. The number of nitriles is 1. The van der Waals surface area contributed by atoms with Gasteiger partial charge in [-0.2, -0.15) is 9.64 Å². The van der Waals surface area contributed by atoms with Crippen LogP contribution in [0.15, 0.2) is 0 Å². The van der Waals surface area contributed by atoms with Gasteiger partial charge in [0.05, 0.1) is 11.3 Å². The predicted molar refractivity (Wildman–Crippen MR) is 50.3 cm³/mol. The van der Waals surface area contributed by atoms with Crippen molar-refractivity contribution in [3.8, 4) is 6.07 Å². The summed E-state index contributed by atoms with van der Waals surface area (Å²) in [6, 6.07) is 2.22. The number of aryl methyl sites for hydroxylation is 1. The summed E-state index contributed by atoms with van der Waals surface area (Å²) >= 11 is 1.46. The standard InChI is InChI=1S/C9H12N2S/c1-4-8-7(5-10)9(6(2)3)11-12-8/h6H,4H2,1-3H3. The second-order valence-electron chi connectivity index (χ2n) is 2.99. The van der Waals surface area contributed by atoms with Gasteiger partial charge in [0.2, 0.25) is 0 Å². The van der Waals surface area contributed by atoms with E-state index in [1.165, 1.54) is 11.5 Å². The molecular formula is C9H12N2S. The van der Waals surface area contributed by atoms with Gasteiger partial charge in [-0.3, -0.25) is 0 Å². The molecule has 12 heavy (non-hydrogen) atoms. The molecule has 0 aliphatic heterocycles. The fraction of sp³-hybridized carbons (Fsp3) is 0.556. The average molecular weight is 180 g/mol. The SMILES string of the molecule is CCc1snc(C(C)C)c1C#N. The van der Waals surface area contributed by atoms with E-state index in [4.69, 9.17) is 5.26 Å². The molecular weight excluding hydrogens is 168 g/mol. The largest absolute Gasteiger partial charge is 0.196 e. The van der Waals surface area contributed by atoms with Crippen LogP contribution in [0.3, 0.4) is 0 Å². The third-order valence-corrected chi connectivity index (χ3v) is 2.77. The van der Waals surface area contributed by atoms with Crippen molar-refractivity contribution in [3.05, 3.63) is 16.1 Å². The van der Waals surface area contributed by atoms with E-state index in [0.29, 0.717) is 5.92 Å². The van der Waals surface area contributed by atoms with E-state index in [1.807, 2.05) is 0 Å². The first-order valence-electron chi connectivity index (χ1n) is 4.09. The van der Waals surface area contributed by atoms with E-state index in [1.54, 1.807) is 0 Å². The maximum Gasteiger partial charge on any atom is 0.102 e. The molecule has 0 bridgehead atoms. The smallest absolute Gasteiger partial charge is 0.102 e. The summed E-state index contributed by atoms with van der Waals surface area (Å²) in [7, 11) is 0. The lowest BCUT2D eigenvalue weighted by Gasteiger charge is -1.99. The second kappa shape index (κ2) is 3.68. The molecule has 0 saturated carbocycles. The molecule has 0 aromatic carbocycles. The molecule has 0 aliphatic rings. The topological polar surface area (TPSA) is 36.7 Å². The first kappa shape index (κ1) is 9.21. The highest BCUT2D eigenvalue weighted by atomic mass is 32.1. The lowest BCUT2D eigenvalue weighted by atomic mass is 10.0. The Kier molecular flexibility index (Phi) is 2.83.